The van der Waals surface area contributed by atoms with Crippen LogP contribution < -0.4 is 5.11 Å². The molecule has 1 heterocycles. The van der Waals surface area contributed by atoms with Gasteiger partial charge in [-0.25, -0.2) is 0 Å². The number of aliphatic hydroxyl groups excluding tert-OH is 2. The lowest BCUT2D eigenvalue weighted by Gasteiger charge is -2.41. The molecular weight excluding hydrogens is 248 g/mol. The Kier molecular flexibility index (Phi) is 5.93. The topological polar surface area (TPSA) is 118 Å². The maximum atomic E-state index is 10.2. The third kappa shape index (κ3) is 3.61. The normalized spacial score (nSPS) is 36.6. The summed E-state index contributed by atoms with van der Waals surface area (Å²) in [7, 11) is 2.65. The number of carbonyl (C=O) groups is 1. The molecule has 8 heteroatoms. The van der Waals surface area contributed by atoms with E-state index in [0.717, 1.165) is 0 Å². The highest BCUT2D eigenvalue weighted by molar-refractivity contribution is 5.65. The van der Waals surface area contributed by atoms with Gasteiger partial charge in [-0.05, 0) is 0 Å². The Balaban J connectivity index is 2.59. The molecule has 1 aliphatic rings. The quantitative estimate of drug-likeness (QED) is 0.517. The van der Waals surface area contributed by atoms with Gasteiger partial charge in [-0.15, -0.1) is 0 Å². The molecular formula is C10H17O8-. The summed E-state index contributed by atoms with van der Waals surface area (Å²) in [6, 6.07) is 0. The van der Waals surface area contributed by atoms with Crippen LogP contribution in [-0.2, 0) is 23.7 Å². The first-order chi connectivity index (χ1) is 8.51. The highest BCUT2D eigenvalue weighted by Crippen LogP contribution is 2.23. The number of carboxylic acid groups (broad SMARTS) is 1. The van der Waals surface area contributed by atoms with Crippen molar-refractivity contribution in [3.63, 3.8) is 0 Å². The number of aliphatic carboxylic acids is 1. The molecule has 0 aromatic heterocycles. The van der Waals surface area contributed by atoms with E-state index < -0.39 is 43.3 Å². The third-order valence-electron chi connectivity index (χ3n) is 2.65. The van der Waals surface area contributed by atoms with Gasteiger partial charge in [-0.3, -0.25) is 0 Å². The standard InChI is InChI=1S/C10H18O8/c1-15-9-5(3-17-4-6(11)12)18-10(16-2)8(14)7(9)13/h5,7-10,13-14H,3-4H2,1-2H3,(H,11,12)/p-1. The van der Waals surface area contributed by atoms with Crippen LogP contribution in [-0.4, -0.2) is 74.3 Å². The van der Waals surface area contributed by atoms with Crippen molar-refractivity contribution in [2.24, 2.45) is 0 Å². The first-order valence-corrected chi connectivity index (χ1v) is 5.36. The molecule has 0 saturated carbocycles. The minimum Gasteiger partial charge on any atom is -0.548 e. The SMILES string of the molecule is COC1OC(COCC(=O)[O-])C(OC)C(O)C1O. The van der Waals surface area contributed by atoms with Crippen LogP contribution in [0, 0.1) is 0 Å². The Morgan fingerprint density at radius 2 is 1.94 bits per heavy atom. The Bertz CT molecular complexity index is 271. The molecule has 18 heavy (non-hydrogen) atoms. The minimum atomic E-state index is -1.36. The van der Waals surface area contributed by atoms with Crippen molar-refractivity contribution < 1.29 is 39.1 Å². The van der Waals surface area contributed by atoms with Gasteiger partial charge in [0.15, 0.2) is 6.29 Å². The van der Waals surface area contributed by atoms with E-state index in [4.69, 9.17) is 18.9 Å². The zero-order valence-corrected chi connectivity index (χ0v) is 10.1. The van der Waals surface area contributed by atoms with Crippen molar-refractivity contribution in [3.8, 4) is 0 Å². The van der Waals surface area contributed by atoms with E-state index in [9.17, 15) is 20.1 Å². The molecule has 1 saturated heterocycles. The smallest absolute Gasteiger partial charge is 0.186 e. The van der Waals surface area contributed by atoms with E-state index in [1.54, 1.807) is 0 Å². The monoisotopic (exact) mass is 265 g/mol. The van der Waals surface area contributed by atoms with Crippen LogP contribution in [0.5, 0.6) is 0 Å². The second-order valence-corrected chi connectivity index (χ2v) is 3.85. The largest absolute Gasteiger partial charge is 0.548 e. The van der Waals surface area contributed by atoms with Gasteiger partial charge < -0.3 is 39.1 Å². The molecule has 1 fully saturated rings. The minimum absolute atomic E-state index is 0.129. The molecule has 0 aromatic rings. The van der Waals surface area contributed by atoms with Crippen LogP contribution in [0.1, 0.15) is 0 Å². The number of hydrogen-bond acceptors (Lipinski definition) is 8. The fourth-order valence-corrected chi connectivity index (χ4v) is 1.78. The number of ether oxygens (including phenoxy) is 4. The Morgan fingerprint density at radius 1 is 1.28 bits per heavy atom. The van der Waals surface area contributed by atoms with Crippen LogP contribution in [0.2, 0.25) is 0 Å². The van der Waals surface area contributed by atoms with Gasteiger partial charge in [0.05, 0.1) is 19.2 Å². The van der Waals surface area contributed by atoms with Crippen molar-refractivity contribution in [1.82, 2.24) is 0 Å². The van der Waals surface area contributed by atoms with Gasteiger partial charge in [0.1, 0.15) is 24.4 Å². The average Bonchev–Trinajstić information content (AvgIpc) is 2.33. The van der Waals surface area contributed by atoms with Crippen molar-refractivity contribution in [2.45, 2.75) is 30.7 Å². The van der Waals surface area contributed by atoms with E-state index >= 15 is 0 Å². The molecule has 0 aromatic carbocycles. The zero-order chi connectivity index (χ0) is 13.7. The summed E-state index contributed by atoms with van der Waals surface area (Å²) in [6.07, 6.45) is -5.09. The predicted octanol–water partition coefficient (Wildman–Crippen LogP) is -3.14. The molecule has 0 aliphatic carbocycles. The fraction of sp³-hybridized carbons (Fsp3) is 0.900. The molecule has 5 atom stereocenters. The summed E-state index contributed by atoms with van der Waals surface area (Å²) in [4.78, 5) is 10.2. The first-order valence-electron chi connectivity index (χ1n) is 5.36. The highest BCUT2D eigenvalue weighted by atomic mass is 16.7. The van der Waals surface area contributed by atoms with E-state index in [1.165, 1.54) is 14.2 Å². The average molecular weight is 265 g/mol. The van der Waals surface area contributed by atoms with Crippen LogP contribution in [0.3, 0.4) is 0 Å². The molecule has 106 valence electrons. The lowest BCUT2D eigenvalue weighted by molar-refractivity contribution is -0.315. The number of carboxylic acids is 1. The molecule has 0 amide bonds. The van der Waals surface area contributed by atoms with E-state index in [2.05, 4.69) is 0 Å². The van der Waals surface area contributed by atoms with Gasteiger partial charge in [0.2, 0.25) is 0 Å². The maximum absolute atomic E-state index is 10.2. The summed E-state index contributed by atoms with van der Waals surface area (Å²) >= 11 is 0. The summed E-state index contributed by atoms with van der Waals surface area (Å²) in [5.41, 5.74) is 0. The Hall–Kier alpha value is -0.770. The summed E-state index contributed by atoms with van der Waals surface area (Å²) in [6.45, 7) is -0.720. The van der Waals surface area contributed by atoms with Crippen molar-refractivity contribution in [2.75, 3.05) is 27.4 Å². The number of rotatable bonds is 6. The number of methoxy groups -OCH3 is 2. The second kappa shape index (κ2) is 6.98. The van der Waals surface area contributed by atoms with E-state index in [-0.39, 0.29) is 6.61 Å². The molecule has 1 rings (SSSR count). The highest BCUT2D eigenvalue weighted by Gasteiger charge is 2.45. The maximum Gasteiger partial charge on any atom is 0.186 e. The number of hydrogen-bond donors (Lipinski definition) is 2. The van der Waals surface area contributed by atoms with Gasteiger partial charge in [0, 0.05) is 14.2 Å². The fourth-order valence-electron chi connectivity index (χ4n) is 1.78. The third-order valence-corrected chi connectivity index (χ3v) is 2.65. The van der Waals surface area contributed by atoms with Crippen LogP contribution in [0.25, 0.3) is 0 Å². The Labute approximate surface area is 104 Å². The summed E-state index contributed by atoms with van der Waals surface area (Å²) < 4.78 is 20.0. The summed E-state index contributed by atoms with van der Waals surface area (Å²) in [5, 5.41) is 29.7. The van der Waals surface area contributed by atoms with Crippen LogP contribution in [0.15, 0.2) is 0 Å². The molecule has 1 aliphatic heterocycles. The molecule has 2 N–H and O–H groups in total. The molecule has 0 bridgehead atoms. The molecule has 5 unspecified atom stereocenters. The molecule has 0 spiro atoms. The molecule has 8 nitrogen and oxygen atoms in total. The van der Waals surface area contributed by atoms with Crippen LogP contribution in [0.4, 0.5) is 0 Å². The number of carbonyl (C=O) groups excluding carboxylic acids is 1. The van der Waals surface area contributed by atoms with Gasteiger partial charge in [-0.1, -0.05) is 0 Å². The van der Waals surface area contributed by atoms with Crippen molar-refractivity contribution in [3.05, 3.63) is 0 Å². The second-order valence-electron chi connectivity index (χ2n) is 3.85. The van der Waals surface area contributed by atoms with E-state index in [1.807, 2.05) is 0 Å². The van der Waals surface area contributed by atoms with Gasteiger partial charge in [-0.2, -0.15) is 0 Å². The number of aliphatic hydroxyl groups is 2. The Morgan fingerprint density at radius 3 is 2.44 bits per heavy atom. The van der Waals surface area contributed by atoms with Gasteiger partial charge in [0.25, 0.3) is 0 Å². The lowest BCUT2D eigenvalue weighted by atomic mass is 9.99. The van der Waals surface area contributed by atoms with Crippen LogP contribution >= 0.6 is 0 Å². The lowest BCUT2D eigenvalue weighted by Crippen LogP contribution is -2.59. The molecule has 0 radical (unpaired) electrons. The summed E-state index contributed by atoms with van der Waals surface area (Å²) in [5.74, 6) is -1.36. The van der Waals surface area contributed by atoms with Gasteiger partial charge >= 0.3 is 0 Å². The van der Waals surface area contributed by atoms with E-state index in [0.29, 0.717) is 0 Å². The first kappa shape index (κ1) is 15.3. The van der Waals surface area contributed by atoms with Crippen molar-refractivity contribution in [1.29, 1.82) is 0 Å². The zero-order valence-electron chi connectivity index (χ0n) is 10.1. The predicted molar refractivity (Wildman–Crippen MR) is 54.3 cm³/mol. The van der Waals surface area contributed by atoms with Crippen molar-refractivity contribution >= 4 is 5.97 Å².